The fourth-order valence-corrected chi connectivity index (χ4v) is 2.59. The molecule has 1 heterocycles. The second-order valence-electron chi connectivity index (χ2n) is 5.55. The van der Waals surface area contributed by atoms with Crippen LogP contribution in [0.2, 0.25) is 5.02 Å². The number of carbonyl (C=O) groups excluding carboxylic acids is 2. The van der Waals surface area contributed by atoms with Crippen molar-refractivity contribution in [1.82, 2.24) is 0 Å². The Morgan fingerprint density at radius 1 is 1.22 bits per heavy atom. The van der Waals surface area contributed by atoms with Crippen molar-refractivity contribution in [2.24, 2.45) is 4.99 Å². The fraction of sp³-hybridized carbons (Fsp3) is 0.150. The lowest BCUT2D eigenvalue weighted by molar-refractivity contribution is -0.134. The third kappa shape index (κ3) is 4.17. The summed E-state index contributed by atoms with van der Waals surface area (Å²) in [5, 5.41) is 0.439. The number of esters is 2. The van der Waals surface area contributed by atoms with Crippen LogP contribution in [0.1, 0.15) is 24.5 Å². The molecule has 2 aromatic rings. The molecule has 0 amide bonds. The SMILES string of the molecule is CCC(=O)Oc1ccc(/C=C2\N=C(c3ccccc3Cl)OC2=O)cc1OC. The van der Waals surface area contributed by atoms with E-state index in [1.807, 2.05) is 0 Å². The average Bonchev–Trinajstić information content (AvgIpc) is 3.03. The van der Waals surface area contributed by atoms with E-state index < -0.39 is 5.97 Å². The molecule has 138 valence electrons. The largest absolute Gasteiger partial charge is 0.493 e. The summed E-state index contributed by atoms with van der Waals surface area (Å²) >= 11 is 6.12. The molecule has 0 atom stereocenters. The summed E-state index contributed by atoms with van der Waals surface area (Å²) < 4.78 is 15.7. The maximum Gasteiger partial charge on any atom is 0.363 e. The molecular weight excluding hydrogens is 370 g/mol. The molecule has 0 bridgehead atoms. The van der Waals surface area contributed by atoms with Crippen LogP contribution in [0.15, 0.2) is 53.2 Å². The number of cyclic esters (lactones) is 1. The van der Waals surface area contributed by atoms with Gasteiger partial charge in [-0.15, -0.1) is 0 Å². The summed E-state index contributed by atoms with van der Waals surface area (Å²) in [5.41, 5.74) is 1.31. The van der Waals surface area contributed by atoms with E-state index in [9.17, 15) is 9.59 Å². The van der Waals surface area contributed by atoms with Crippen LogP contribution in [0.3, 0.4) is 0 Å². The van der Waals surface area contributed by atoms with Crippen molar-refractivity contribution in [1.29, 1.82) is 0 Å². The Labute approximate surface area is 161 Å². The fourth-order valence-electron chi connectivity index (χ4n) is 2.37. The molecule has 0 saturated carbocycles. The van der Waals surface area contributed by atoms with Crippen molar-refractivity contribution in [3.8, 4) is 11.5 Å². The van der Waals surface area contributed by atoms with Crippen LogP contribution in [0.5, 0.6) is 11.5 Å². The van der Waals surface area contributed by atoms with Crippen LogP contribution in [0.25, 0.3) is 6.08 Å². The second-order valence-corrected chi connectivity index (χ2v) is 5.96. The molecule has 2 aromatic carbocycles. The highest BCUT2D eigenvalue weighted by Crippen LogP contribution is 2.30. The maximum atomic E-state index is 12.1. The minimum absolute atomic E-state index is 0.130. The van der Waals surface area contributed by atoms with Crippen LogP contribution in [0.4, 0.5) is 0 Å². The lowest BCUT2D eigenvalue weighted by atomic mass is 10.1. The van der Waals surface area contributed by atoms with Gasteiger partial charge in [-0.3, -0.25) is 4.79 Å². The average molecular weight is 386 g/mol. The summed E-state index contributed by atoms with van der Waals surface area (Å²) in [5.74, 6) is -0.121. The topological polar surface area (TPSA) is 74.2 Å². The van der Waals surface area contributed by atoms with Gasteiger partial charge in [0.2, 0.25) is 5.90 Å². The van der Waals surface area contributed by atoms with Crippen molar-refractivity contribution in [3.63, 3.8) is 0 Å². The molecule has 7 heteroatoms. The first-order valence-electron chi connectivity index (χ1n) is 8.18. The van der Waals surface area contributed by atoms with Gasteiger partial charge in [0.25, 0.3) is 0 Å². The highest BCUT2D eigenvalue weighted by atomic mass is 35.5. The van der Waals surface area contributed by atoms with Crippen LogP contribution in [0, 0.1) is 0 Å². The molecule has 0 N–H and O–H groups in total. The lowest BCUT2D eigenvalue weighted by Crippen LogP contribution is -2.06. The van der Waals surface area contributed by atoms with Gasteiger partial charge < -0.3 is 14.2 Å². The molecule has 6 nitrogen and oxygen atoms in total. The van der Waals surface area contributed by atoms with Gasteiger partial charge >= 0.3 is 11.9 Å². The van der Waals surface area contributed by atoms with E-state index in [0.29, 0.717) is 27.6 Å². The molecular formula is C20H16ClNO5. The van der Waals surface area contributed by atoms with Gasteiger partial charge in [-0.05, 0) is 35.9 Å². The third-order valence-electron chi connectivity index (χ3n) is 3.73. The Bertz CT molecular complexity index is 965. The predicted molar refractivity (Wildman–Crippen MR) is 101 cm³/mol. The first kappa shape index (κ1) is 18.7. The van der Waals surface area contributed by atoms with E-state index in [2.05, 4.69) is 4.99 Å². The van der Waals surface area contributed by atoms with Crippen molar-refractivity contribution in [2.45, 2.75) is 13.3 Å². The standard InChI is InChI=1S/C20H16ClNO5/c1-3-18(23)26-16-9-8-12(11-17(16)25-2)10-15-20(24)27-19(22-15)13-6-4-5-7-14(13)21/h4-11H,3H2,1-2H3/b15-10-. The number of methoxy groups -OCH3 is 1. The summed E-state index contributed by atoms with van der Waals surface area (Å²) in [6, 6.07) is 11.9. The van der Waals surface area contributed by atoms with Crippen molar-refractivity contribution >= 4 is 35.5 Å². The predicted octanol–water partition coefficient (Wildman–Crippen LogP) is 4.01. The van der Waals surface area contributed by atoms with Crippen LogP contribution < -0.4 is 9.47 Å². The van der Waals surface area contributed by atoms with Gasteiger partial charge in [0, 0.05) is 6.42 Å². The highest BCUT2D eigenvalue weighted by molar-refractivity contribution is 6.34. The summed E-state index contributed by atoms with van der Waals surface area (Å²) in [6.07, 6.45) is 1.81. The molecule has 0 saturated heterocycles. The van der Waals surface area contributed by atoms with E-state index in [1.165, 1.54) is 7.11 Å². The Morgan fingerprint density at radius 3 is 2.70 bits per heavy atom. The summed E-state index contributed by atoms with van der Waals surface area (Å²) in [7, 11) is 1.47. The van der Waals surface area contributed by atoms with Crippen molar-refractivity contribution in [2.75, 3.05) is 7.11 Å². The van der Waals surface area contributed by atoms with Crippen LogP contribution >= 0.6 is 11.6 Å². The van der Waals surface area contributed by atoms with Crippen molar-refractivity contribution in [3.05, 3.63) is 64.3 Å². The Morgan fingerprint density at radius 2 is 2.00 bits per heavy atom. The van der Waals surface area contributed by atoms with Gasteiger partial charge in [0.05, 0.1) is 17.7 Å². The van der Waals surface area contributed by atoms with Gasteiger partial charge in [-0.2, -0.15) is 0 Å². The molecule has 0 unspecified atom stereocenters. The van der Waals surface area contributed by atoms with E-state index >= 15 is 0 Å². The van der Waals surface area contributed by atoms with E-state index in [-0.39, 0.29) is 24.0 Å². The Kier molecular flexibility index (Phi) is 5.57. The minimum Gasteiger partial charge on any atom is -0.493 e. The van der Waals surface area contributed by atoms with Gasteiger partial charge in [-0.1, -0.05) is 36.7 Å². The quantitative estimate of drug-likeness (QED) is 0.441. The molecule has 1 aliphatic heterocycles. The number of benzene rings is 2. The number of nitrogens with zero attached hydrogens (tertiary/aromatic N) is 1. The zero-order valence-corrected chi connectivity index (χ0v) is 15.4. The van der Waals surface area contributed by atoms with Gasteiger partial charge in [0.1, 0.15) is 0 Å². The maximum absolute atomic E-state index is 12.1. The normalized spacial score (nSPS) is 14.7. The number of carbonyl (C=O) groups is 2. The Balaban J connectivity index is 1.91. The van der Waals surface area contributed by atoms with E-state index in [0.717, 1.165) is 0 Å². The number of ether oxygens (including phenoxy) is 3. The third-order valence-corrected chi connectivity index (χ3v) is 4.06. The second kappa shape index (κ2) is 8.05. The lowest BCUT2D eigenvalue weighted by Gasteiger charge is -2.09. The molecule has 0 aromatic heterocycles. The number of rotatable bonds is 5. The minimum atomic E-state index is -0.578. The number of hydrogen-bond donors (Lipinski definition) is 0. The van der Waals surface area contributed by atoms with Gasteiger partial charge in [0.15, 0.2) is 17.2 Å². The van der Waals surface area contributed by atoms with E-state index in [4.69, 9.17) is 25.8 Å². The molecule has 27 heavy (non-hydrogen) atoms. The number of hydrogen-bond acceptors (Lipinski definition) is 6. The number of halogens is 1. The summed E-state index contributed by atoms with van der Waals surface area (Å²) in [4.78, 5) is 27.8. The molecule has 0 spiro atoms. The zero-order chi connectivity index (χ0) is 19.4. The number of aliphatic imine (C=N–C) groups is 1. The van der Waals surface area contributed by atoms with Crippen LogP contribution in [-0.4, -0.2) is 24.9 Å². The Hall–Kier alpha value is -3.12. The first-order chi connectivity index (χ1) is 13.0. The molecule has 0 fully saturated rings. The van der Waals surface area contributed by atoms with E-state index in [1.54, 1.807) is 55.5 Å². The molecule has 3 rings (SSSR count). The molecule has 1 aliphatic rings. The zero-order valence-electron chi connectivity index (χ0n) is 14.7. The molecule has 0 radical (unpaired) electrons. The van der Waals surface area contributed by atoms with Crippen molar-refractivity contribution < 1.29 is 23.8 Å². The highest BCUT2D eigenvalue weighted by Gasteiger charge is 2.25. The summed E-state index contributed by atoms with van der Waals surface area (Å²) in [6.45, 7) is 1.70. The monoisotopic (exact) mass is 385 g/mol. The molecule has 0 aliphatic carbocycles. The van der Waals surface area contributed by atoms with Crippen LogP contribution in [-0.2, 0) is 14.3 Å². The first-order valence-corrected chi connectivity index (χ1v) is 8.55. The smallest absolute Gasteiger partial charge is 0.363 e. The van der Waals surface area contributed by atoms with Gasteiger partial charge in [-0.25, -0.2) is 9.79 Å².